The molecule has 0 aliphatic rings. The molecular formula is C15H23O6P. The fourth-order valence-corrected chi connectivity index (χ4v) is 3.02. The van der Waals surface area contributed by atoms with Crippen molar-refractivity contribution in [1.82, 2.24) is 0 Å². The Balaban J connectivity index is 2.50. The minimum atomic E-state index is -3.26. The van der Waals surface area contributed by atoms with Crippen LogP contribution in [-0.2, 0) is 24.8 Å². The summed E-state index contributed by atoms with van der Waals surface area (Å²) in [6, 6.07) is 5.65. The van der Waals surface area contributed by atoms with Crippen molar-refractivity contribution in [2.24, 2.45) is 0 Å². The molecule has 0 unspecified atom stereocenters. The molecule has 0 N–H and O–H groups in total. The number of ketones is 1. The van der Waals surface area contributed by atoms with Gasteiger partial charge < -0.3 is 18.5 Å². The molecule has 0 spiro atoms. The lowest BCUT2D eigenvalue weighted by molar-refractivity contribution is -0.117. The average Bonchev–Trinajstić information content (AvgIpc) is 2.54. The first-order valence-corrected chi connectivity index (χ1v) is 8.64. The zero-order valence-electron chi connectivity index (χ0n) is 13.5. The Hall–Kier alpha value is -1.36. The van der Waals surface area contributed by atoms with E-state index in [2.05, 4.69) is 0 Å². The van der Waals surface area contributed by atoms with Crippen molar-refractivity contribution in [1.29, 1.82) is 0 Å². The van der Waals surface area contributed by atoms with Crippen molar-refractivity contribution in [2.75, 3.05) is 34.6 Å². The van der Waals surface area contributed by atoms with Crippen molar-refractivity contribution in [3.8, 4) is 11.5 Å². The van der Waals surface area contributed by atoms with E-state index in [-0.39, 0.29) is 11.9 Å². The Morgan fingerprint density at radius 3 is 2.23 bits per heavy atom. The van der Waals surface area contributed by atoms with Gasteiger partial charge in [-0.2, -0.15) is 0 Å². The molecule has 0 fully saturated rings. The van der Waals surface area contributed by atoms with E-state index in [4.69, 9.17) is 18.5 Å². The van der Waals surface area contributed by atoms with Gasteiger partial charge in [0.15, 0.2) is 11.5 Å². The van der Waals surface area contributed by atoms with Gasteiger partial charge in [-0.25, -0.2) is 0 Å². The maximum absolute atomic E-state index is 11.9. The fraction of sp³-hybridized carbons (Fsp3) is 0.533. The standard InChI is InChI=1S/C15H23O6P/c1-18-14-9-8-12(10-15(14)19-2)6-5-7-13(16)11-22(17,20-3)21-4/h8-10H,5-7,11H2,1-4H3. The van der Waals surface area contributed by atoms with Crippen LogP contribution in [0.25, 0.3) is 0 Å². The zero-order chi connectivity index (χ0) is 16.6. The molecule has 1 rings (SSSR count). The smallest absolute Gasteiger partial charge is 0.337 e. The summed E-state index contributed by atoms with van der Waals surface area (Å²) in [5.74, 6) is 1.20. The van der Waals surface area contributed by atoms with Crippen molar-refractivity contribution < 1.29 is 27.9 Å². The molecular weight excluding hydrogens is 307 g/mol. The summed E-state index contributed by atoms with van der Waals surface area (Å²) >= 11 is 0. The fourth-order valence-electron chi connectivity index (χ4n) is 2.02. The van der Waals surface area contributed by atoms with Crippen molar-refractivity contribution in [2.45, 2.75) is 19.3 Å². The number of rotatable bonds is 10. The molecule has 0 radical (unpaired) electrons. The number of ether oxygens (including phenoxy) is 2. The van der Waals surface area contributed by atoms with E-state index in [1.54, 1.807) is 14.2 Å². The lowest BCUT2D eigenvalue weighted by atomic mass is 10.1. The molecule has 0 aromatic heterocycles. The largest absolute Gasteiger partial charge is 0.493 e. The summed E-state index contributed by atoms with van der Waals surface area (Å²) < 4.78 is 31.8. The molecule has 0 aliphatic carbocycles. The number of aryl methyl sites for hydroxylation is 1. The molecule has 7 heteroatoms. The summed E-state index contributed by atoms with van der Waals surface area (Å²) in [5, 5.41) is 0. The third-order valence-electron chi connectivity index (χ3n) is 3.30. The lowest BCUT2D eigenvalue weighted by Gasteiger charge is -2.12. The summed E-state index contributed by atoms with van der Waals surface area (Å²) in [4.78, 5) is 11.8. The summed E-state index contributed by atoms with van der Waals surface area (Å²) in [7, 11) is 2.46. The van der Waals surface area contributed by atoms with Crippen molar-refractivity contribution in [3.63, 3.8) is 0 Å². The minimum Gasteiger partial charge on any atom is -0.493 e. The predicted octanol–water partition coefficient (Wildman–Crippen LogP) is 3.08. The zero-order valence-corrected chi connectivity index (χ0v) is 14.4. The number of carbonyl (C=O) groups excluding carboxylic acids is 1. The molecule has 22 heavy (non-hydrogen) atoms. The van der Waals surface area contributed by atoms with E-state index in [0.29, 0.717) is 24.3 Å². The van der Waals surface area contributed by atoms with Crippen LogP contribution in [0.1, 0.15) is 18.4 Å². The van der Waals surface area contributed by atoms with Crippen LogP contribution in [0.15, 0.2) is 18.2 Å². The monoisotopic (exact) mass is 330 g/mol. The predicted molar refractivity (Wildman–Crippen MR) is 84.0 cm³/mol. The molecule has 0 atom stereocenters. The Morgan fingerprint density at radius 1 is 1.05 bits per heavy atom. The van der Waals surface area contributed by atoms with Crippen LogP contribution < -0.4 is 9.47 Å². The van der Waals surface area contributed by atoms with Crippen LogP contribution in [0.4, 0.5) is 0 Å². The molecule has 0 aliphatic heterocycles. The van der Waals surface area contributed by atoms with E-state index in [1.807, 2.05) is 18.2 Å². The highest BCUT2D eigenvalue weighted by Gasteiger charge is 2.24. The highest BCUT2D eigenvalue weighted by atomic mass is 31.2. The summed E-state index contributed by atoms with van der Waals surface area (Å²) in [6.45, 7) is 0. The number of Topliss-reactive ketones (excluding diaryl/α,β-unsaturated/α-hetero) is 1. The van der Waals surface area contributed by atoms with Gasteiger partial charge in [0.1, 0.15) is 11.9 Å². The third-order valence-corrected chi connectivity index (χ3v) is 5.15. The molecule has 0 amide bonds. The SMILES string of the molecule is COc1ccc(CCCC(=O)CP(=O)(OC)OC)cc1OC. The van der Waals surface area contributed by atoms with Crippen LogP contribution >= 0.6 is 7.60 Å². The van der Waals surface area contributed by atoms with Crippen molar-refractivity contribution in [3.05, 3.63) is 23.8 Å². The Bertz CT molecular complexity index is 535. The van der Waals surface area contributed by atoms with Gasteiger partial charge in [0.2, 0.25) is 0 Å². The molecule has 0 saturated heterocycles. The summed E-state index contributed by atoms with van der Waals surface area (Å²) in [5.41, 5.74) is 1.05. The minimum absolute atomic E-state index is 0.132. The molecule has 0 heterocycles. The van der Waals surface area contributed by atoms with Gasteiger partial charge in [0.25, 0.3) is 0 Å². The van der Waals surface area contributed by atoms with Gasteiger partial charge in [-0.3, -0.25) is 9.36 Å². The summed E-state index contributed by atoms with van der Waals surface area (Å²) in [6.07, 6.45) is 1.51. The Morgan fingerprint density at radius 2 is 1.68 bits per heavy atom. The number of benzene rings is 1. The third kappa shape index (κ3) is 5.44. The second-order valence-electron chi connectivity index (χ2n) is 4.72. The lowest BCUT2D eigenvalue weighted by Crippen LogP contribution is -2.08. The van der Waals surface area contributed by atoms with Gasteiger partial charge in [-0.15, -0.1) is 0 Å². The van der Waals surface area contributed by atoms with E-state index in [9.17, 15) is 9.36 Å². The molecule has 1 aromatic carbocycles. The van der Waals surface area contributed by atoms with Gasteiger partial charge in [-0.1, -0.05) is 6.07 Å². The second kappa shape index (κ2) is 8.93. The highest BCUT2D eigenvalue weighted by Crippen LogP contribution is 2.46. The van der Waals surface area contributed by atoms with Crippen LogP contribution in [0.5, 0.6) is 11.5 Å². The molecule has 124 valence electrons. The molecule has 0 bridgehead atoms. The maximum atomic E-state index is 11.9. The van der Waals surface area contributed by atoms with Gasteiger partial charge in [0, 0.05) is 20.6 Å². The Kier molecular flexibility index (Phi) is 7.59. The van der Waals surface area contributed by atoms with Crippen LogP contribution in [0.3, 0.4) is 0 Å². The highest BCUT2D eigenvalue weighted by molar-refractivity contribution is 7.54. The average molecular weight is 330 g/mol. The van der Waals surface area contributed by atoms with E-state index < -0.39 is 7.60 Å². The topological polar surface area (TPSA) is 71.1 Å². The van der Waals surface area contributed by atoms with E-state index in [0.717, 1.165) is 12.0 Å². The van der Waals surface area contributed by atoms with Crippen LogP contribution in [-0.4, -0.2) is 40.4 Å². The van der Waals surface area contributed by atoms with Gasteiger partial charge in [-0.05, 0) is 30.5 Å². The molecule has 6 nitrogen and oxygen atoms in total. The van der Waals surface area contributed by atoms with Gasteiger partial charge in [0.05, 0.1) is 14.2 Å². The van der Waals surface area contributed by atoms with Crippen LogP contribution in [0, 0.1) is 0 Å². The first-order chi connectivity index (χ1) is 10.5. The normalized spacial score (nSPS) is 11.3. The first kappa shape index (κ1) is 18.7. The quantitative estimate of drug-likeness (QED) is 0.614. The number of carbonyl (C=O) groups is 1. The Labute approximate surface area is 131 Å². The van der Waals surface area contributed by atoms with Crippen molar-refractivity contribution >= 4 is 13.4 Å². The maximum Gasteiger partial charge on any atom is 0.337 e. The second-order valence-corrected chi connectivity index (χ2v) is 6.98. The van der Waals surface area contributed by atoms with E-state index in [1.165, 1.54) is 14.2 Å². The van der Waals surface area contributed by atoms with Gasteiger partial charge >= 0.3 is 7.60 Å². The molecule has 0 saturated carbocycles. The van der Waals surface area contributed by atoms with Crippen LogP contribution in [0.2, 0.25) is 0 Å². The van der Waals surface area contributed by atoms with E-state index >= 15 is 0 Å². The number of methoxy groups -OCH3 is 2. The first-order valence-electron chi connectivity index (χ1n) is 6.91. The number of hydrogen-bond acceptors (Lipinski definition) is 6. The molecule has 1 aromatic rings. The number of hydrogen-bond donors (Lipinski definition) is 0.